The third kappa shape index (κ3) is 2.42. The minimum atomic E-state index is 0.232. The number of amides is 1. The normalized spacial score (nSPS) is 18.9. The van der Waals surface area contributed by atoms with Crippen molar-refractivity contribution in [2.45, 2.75) is 38.6 Å². The first-order valence-electron chi connectivity index (χ1n) is 7.24. The number of likely N-dealkylation sites (tertiary alicyclic amines) is 1. The largest absolute Gasteiger partial charge is 0.361 e. The molecule has 106 valence electrons. The van der Waals surface area contributed by atoms with Gasteiger partial charge in [0.05, 0.1) is 6.42 Å². The molecule has 1 atom stereocenters. The van der Waals surface area contributed by atoms with Crippen LogP contribution in [0.1, 0.15) is 31.7 Å². The van der Waals surface area contributed by atoms with Crippen molar-refractivity contribution in [3.63, 3.8) is 0 Å². The van der Waals surface area contributed by atoms with Gasteiger partial charge in [-0.2, -0.15) is 0 Å². The molecule has 1 aliphatic rings. The number of hydrogen-bond donors (Lipinski definition) is 1. The molecule has 1 saturated heterocycles. The number of fused-ring (bicyclic) bond motifs is 1. The molecular weight excluding hydrogens is 272 g/mol. The number of rotatable bonds is 3. The molecule has 0 aliphatic carbocycles. The first-order chi connectivity index (χ1) is 9.69. The molecule has 0 bridgehead atoms. The Hall–Kier alpha value is -1.48. The van der Waals surface area contributed by atoms with Crippen LogP contribution in [0.15, 0.2) is 24.4 Å². The molecule has 1 unspecified atom stereocenters. The molecular formula is C16H19ClN2O. The zero-order valence-corrected chi connectivity index (χ0v) is 12.4. The Bertz CT molecular complexity index is 634. The number of halogens is 1. The number of H-pyrrole nitrogens is 1. The van der Waals surface area contributed by atoms with E-state index in [2.05, 4.69) is 11.9 Å². The minimum absolute atomic E-state index is 0.232. The standard InChI is InChI=1S/C16H19ClN2O/c1-2-13-4-3-7-19(13)16(20)8-11-10-18-15-6-5-12(17)9-14(11)15/h5-6,9-10,13,18H,2-4,7-8H2,1H3. The molecule has 1 fully saturated rings. The SMILES string of the molecule is CCC1CCCN1C(=O)Cc1c[nH]c2ccc(Cl)cc12. The van der Waals surface area contributed by atoms with Crippen LogP contribution in [0.25, 0.3) is 10.9 Å². The Morgan fingerprint density at radius 3 is 3.15 bits per heavy atom. The average Bonchev–Trinajstić information content (AvgIpc) is 3.05. The smallest absolute Gasteiger partial charge is 0.227 e. The van der Waals surface area contributed by atoms with Crippen LogP contribution in [0.5, 0.6) is 0 Å². The predicted molar refractivity (Wildman–Crippen MR) is 82.0 cm³/mol. The molecule has 2 aromatic rings. The molecule has 0 spiro atoms. The second kappa shape index (κ2) is 5.49. The summed E-state index contributed by atoms with van der Waals surface area (Å²) >= 11 is 6.05. The lowest BCUT2D eigenvalue weighted by Crippen LogP contribution is -2.36. The summed E-state index contributed by atoms with van der Waals surface area (Å²) in [6, 6.07) is 6.17. The van der Waals surface area contributed by atoms with Gasteiger partial charge in [0.2, 0.25) is 5.91 Å². The summed E-state index contributed by atoms with van der Waals surface area (Å²) in [4.78, 5) is 17.7. The quantitative estimate of drug-likeness (QED) is 0.918. The van der Waals surface area contributed by atoms with E-state index in [1.54, 1.807) is 0 Å². The number of nitrogens with zero attached hydrogens (tertiary/aromatic N) is 1. The number of nitrogens with one attached hydrogen (secondary N) is 1. The number of aromatic amines is 1. The van der Waals surface area contributed by atoms with Gasteiger partial charge >= 0.3 is 0 Å². The van der Waals surface area contributed by atoms with Gasteiger partial charge in [0.15, 0.2) is 0 Å². The lowest BCUT2D eigenvalue weighted by Gasteiger charge is -2.23. The van der Waals surface area contributed by atoms with Gasteiger partial charge in [0, 0.05) is 34.7 Å². The van der Waals surface area contributed by atoms with Crippen LogP contribution in [-0.4, -0.2) is 28.4 Å². The molecule has 3 rings (SSSR count). The Kier molecular flexibility index (Phi) is 3.70. The molecule has 0 radical (unpaired) electrons. The second-order valence-electron chi connectivity index (χ2n) is 5.47. The summed E-state index contributed by atoms with van der Waals surface area (Å²) in [6.07, 6.45) is 5.70. The highest BCUT2D eigenvalue weighted by molar-refractivity contribution is 6.31. The van der Waals surface area contributed by atoms with Crippen LogP contribution < -0.4 is 0 Å². The van der Waals surface area contributed by atoms with Crippen molar-refractivity contribution < 1.29 is 4.79 Å². The van der Waals surface area contributed by atoms with E-state index in [1.807, 2.05) is 29.3 Å². The first-order valence-corrected chi connectivity index (χ1v) is 7.62. The van der Waals surface area contributed by atoms with Crippen LogP contribution in [0.2, 0.25) is 5.02 Å². The van der Waals surface area contributed by atoms with Crippen LogP contribution in [0, 0.1) is 0 Å². The number of hydrogen-bond acceptors (Lipinski definition) is 1. The molecule has 0 saturated carbocycles. The van der Waals surface area contributed by atoms with E-state index in [4.69, 9.17) is 11.6 Å². The predicted octanol–water partition coefficient (Wildman–Crippen LogP) is 3.76. The minimum Gasteiger partial charge on any atom is -0.361 e. The van der Waals surface area contributed by atoms with E-state index in [0.717, 1.165) is 42.3 Å². The van der Waals surface area contributed by atoms with Crippen LogP contribution in [0.4, 0.5) is 0 Å². The van der Waals surface area contributed by atoms with Crippen molar-refractivity contribution in [2.75, 3.05) is 6.54 Å². The summed E-state index contributed by atoms with van der Waals surface area (Å²) in [5.41, 5.74) is 2.07. The molecule has 1 aromatic carbocycles. The third-order valence-electron chi connectivity index (χ3n) is 4.24. The molecule has 2 heterocycles. The summed E-state index contributed by atoms with van der Waals surface area (Å²) < 4.78 is 0. The van der Waals surface area contributed by atoms with Gasteiger partial charge in [-0.25, -0.2) is 0 Å². The summed E-state index contributed by atoms with van der Waals surface area (Å²) in [5.74, 6) is 0.232. The van der Waals surface area contributed by atoms with E-state index in [-0.39, 0.29) is 5.91 Å². The highest BCUT2D eigenvalue weighted by atomic mass is 35.5. The van der Waals surface area contributed by atoms with Crippen molar-refractivity contribution in [1.82, 2.24) is 9.88 Å². The maximum absolute atomic E-state index is 12.5. The van der Waals surface area contributed by atoms with Gasteiger partial charge in [-0.05, 0) is 43.0 Å². The lowest BCUT2D eigenvalue weighted by molar-refractivity contribution is -0.131. The molecule has 1 amide bonds. The van der Waals surface area contributed by atoms with Crippen molar-refractivity contribution in [3.05, 3.63) is 35.0 Å². The van der Waals surface area contributed by atoms with Gasteiger partial charge in [-0.1, -0.05) is 18.5 Å². The van der Waals surface area contributed by atoms with E-state index in [0.29, 0.717) is 17.5 Å². The van der Waals surface area contributed by atoms with E-state index >= 15 is 0 Å². The molecule has 4 heteroatoms. The van der Waals surface area contributed by atoms with Crippen molar-refractivity contribution >= 4 is 28.4 Å². The van der Waals surface area contributed by atoms with E-state index in [9.17, 15) is 4.79 Å². The van der Waals surface area contributed by atoms with Gasteiger partial charge < -0.3 is 9.88 Å². The monoisotopic (exact) mass is 290 g/mol. The summed E-state index contributed by atoms with van der Waals surface area (Å²) in [5, 5.41) is 1.76. The Labute approximate surface area is 123 Å². The highest BCUT2D eigenvalue weighted by Crippen LogP contribution is 2.25. The first kappa shape index (κ1) is 13.5. The Morgan fingerprint density at radius 1 is 1.50 bits per heavy atom. The topological polar surface area (TPSA) is 36.1 Å². The van der Waals surface area contributed by atoms with Crippen LogP contribution in [-0.2, 0) is 11.2 Å². The summed E-state index contributed by atoms with van der Waals surface area (Å²) in [7, 11) is 0. The fourth-order valence-electron chi connectivity index (χ4n) is 3.15. The van der Waals surface area contributed by atoms with Crippen LogP contribution >= 0.6 is 11.6 Å². The Morgan fingerprint density at radius 2 is 2.35 bits per heavy atom. The highest BCUT2D eigenvalue weighted by Gasteiger charge is 2.27. The maximum atomic E-state index is 12.5. The van der Waals surface area contributed by atoms with Crippen molar-refractivity contribution in [3.8, 4) is 0 Å². The molecule has 3 nitrogen and oxygen atoms in total. The number of benzene rings is 1. The molecule has 1 N–H and O–H groups in total. The van der Waals surface area contributed by atoms with Gasteiger partial charge in [-0.15, -0.1) is 0 Å². The fraction of sp³-hybridized carbons (Fsp3) is 0.438. The Balaban J connectivity index is 1.82. The maximum Gasteiger partial charge on any atom is 0.227 e. The molecule has 20 heavy (non-hydrogen) atoms. The summed E-state index contributed by atoms with van der Waals surface area (Å²) in [6.45, 7) is 3.06. The lowest BCUT2D eigenvalue weighted by atomic mass is 10.1. The number of aromatic nitrogens is 1. The number of carbonyl (C=O) groups is 1. The van der Waals surface area contributed by atoms with E-state index < -0.39 is 0 Å². The van der Waals surface area contributed by atoms with Gasteiger partial charge in [0.1, 0.15) is 0 Å². The number of carbonyl (C=O) groups excluding carboxylic acids is 1. The second-order valence-corrected chi connectivity index (χ2v) is 5.91. The van der Waals surface area contributed by atoms with Crippen LogP contribution in [0.3, 0.4) is 0 Å². The third-order valence-corrected chi connectivity index (χ3v) is 4.47. The van der Waals surface area contributed by atoms with E-state index in [1.165, 1.54) is 0 Å². The zero-order valence-electron chi connectivity index (χ0n) is 11.7. The van der Waals surface area contributed by atoms with Crippen molar-refractivity contribution in [2.24, 2.45) is 0 Å². The van der Waals surface area contributed by atoms with Crippen molar-refractivity contribution in [1.29, 1.82) is 0 Å². The van der Waals surface area contributed by atoms with Gasteiger partial charge in [-0.3, -0.25) is 4.79 Å². The molecule has 1 aromatic heterocycles. The fourth-order valence-corrected chi connectivity index (χ4v) is 3.32. The van der Waals surface area contributed by atoms with Gasteiger partial charge in [0.25, 0.3) is 0 Å². The zero-order chi connectivity index (χ0) is 14.1. The molecule has 1 aliphatic heterocycles. The average molecular weight is 291 g/mol.